The van der Waals surface area contributed by atoms with Crippen LogP contribution in [0.25, 0.3) is 0 Å². The van der Waals surface area contributed by atoms with Gasteiger partial charge < -0.3 is 23.7 Å². The van der Waals surface area contributed by atoms with Crippen LogP contribution in [0.15, 0.2) is 0 Å². The summed E-state index contributed by atoms with van der Waals surface area (Å²) in [5.74, 6) is -0.964. The second kappa shape index (κ2) is 17.4. The quantitative estimate of drug-likeness (QED) is 0.112. The molecule has 0 aliphatic carbocycles. The Morgan fingerprint density at radius 2 is 1.30 bits per heavy atom. The molecule has 30 heavy (non-hydrogen) atoms. The van der Waals surface area contributed by atoms with Gasteiger partial charge in [-0.25, -0.2) is 0 Å². The molecule has 5 nitrogen and oxygen atoms in total. The molecule has 1 rings (SSSR count). The van der Waals surface area contributed by atoms with E-state index in [9.17, 15) is 0 Å². The molecule has 5 heteroatoms. The summed E-state index contributed by atoms with van der Waals surface area (Å²) in [7, 11) is 0. The molecule has 0 aromatic carbocycles. The third kappa shape index (κ3) is 10.9. The van der Waals surface area contributed by atoms with Crippen molar-refractivity contribution in [3.05, 3.63) is 0 Å². The molecule has 0 N–H and O–H groups in total. The van der Waals surface area contributed by atoms with Gasteiger partial charge in [-0.3, -0.25) is 0 Å². The molecule has 0 spiro atoms. The van der Waals surface area contributed by atoms with Crippen LogP contribution < -0.4 is 0 Å². The van der Waals surface area contributed by atoms with Gasteiger partial charge in [-0.1, -0.05) is 73.1 Å². The van der Waals surface area contributed by atoms with Gasteiger partial charge in [0.2, 0.25) is 0 Å². The lowest BCUT2D eigenvalue weighted by atomic mass is 9.90. The van der Waals surface area contributed by atoms with Crippen molar-refractivity contribution in [3.63, 3.8) is 0 Å². The maximum atomic E-state index is 6.39. The number of epoxide rings is 1. The van der Waals surface area contributed by atoms with E-state index < -0.39 is 5.97 Å². The van der Waals surface area contributed by atoms with E-state index in [-0.39, 0.29) is 18.1 Å². The minimum Gasteiger partial charge on any atom is -0.375 e. The summed E-state index contributed by atoms with van der Waals surface area (Å²) in [6.07, 6.45) is 12.6. The van der Waals surface area contributed by atoms with E-state index in [1.807, 2.05) is 0 Å². The molecule has 1 aliphatic heterocycles. The Hall–Kier alpha value is -0.200. The average molecular weight is 431 g/mol. The van der Waals surface area contributed by atoms with E-state index in [0.717, 1.165) is 45.1 Å². The SMILES string of the molecule is CCCCCCCCC(C(CC)OCC1CO1)C(OCCC)(OCCC)OCCC. The van der Waals surface area contributed by atoms with Crippen LogP contribution >= 0.6 is 0 Å². The second-order valence-corrected chi connectivity index (χ2v) is 8.55. The highest BCUT2D eigenvalue weighted by atomic mass is 16.9. The summed E-state index contributed by atoms with van der Waals surface area (Å²) in [5, 5.41) is 0. The van der Waals surface area contributed by atoms with Crippen LogP contribution in [0, 0.1) is 5.92 Å². The minimum atomic E-state index is -1.02. The highest BCUT2D eigenvalue weighted by Crippen LogP contribution is 2.36. The first-order valence-electron chi connectivity index (χ1n) is 12.8. The van der Waals surface area contributed by atoms with Gasteiger partial charge in [-0.2, -0.15) is 0 Å². The molecule has 0 saturated carbocycles. The van der Waals surface area contributed by atoms with Gasteiger partial charge in [0.25, 0.3) is 5.97 Å². The second-order valence-electron chi connectivity index (χ2n) is 8.55. The van der Waals surface area contributed by atoms with Crippen LogP contribution in [0.5, 0.6) is 0 Å². The maximum absolute atomic E-state index is 6.39. The zero-order chi connectivity index (χ0) is 22.1. The van der Waals surface area contributed by atoms with Crippen molar-refractivity contribution >= 4 is 0 Å². The van der Waals surface area contributed by atoms with Gasteiger partial charge in [-0.15, -0.1) is 0 Å². The Balaban J connectivity index is 2.95. The molecular formula is C25H50O5. The average Bonchev–Trinajstić information content (AvgIpc) is 3.59. The summed E-state index contributed by atoms with van der Waals surface area (Å²) in [5.41, 5.74) is 0. The van der Waals surface area contributed by atoms with Crippen LogP contribution in [0.4, 0.5) is 0 Å². The fourth-order valence-electron chi connectivity index (χ4n) is 3.83. The molecule has 0 bridgehead atoms. The third-order valence-corrected chi connectivity index (χ3v) is 5.59. The lowest BCUT2D eigenvalue weighted by Gasteiger charge is -2.43. The van der Waals surface area contributed by atoms with Crippen molar-refractivity contribution in [2.45, 2.75) is 123 Å². The van der Waals surface area contributed by atoms with E-state index >= 15 is 0 Å². The van der Waals surface area contributed by atoms with Gasteiger partial charge in [0.1, 0.15) is 6.10 Å². The number of unbranched alkanes of at least 4 members (excludes halogenated alkanes) is 5. The van der Waals surface area contributed by atoms with Crippen molar-refractivity contribution in [1.82, 2.24) is 0 Å². The Morgan fingerprint density at radius 1 is 0.767 bits per heavy atom. The summed E-state index contributed by atoms with van der Waals surface area (Å²) in [6, 6.07) is 0. The van der Waals surface area contributed by atoms with E-state index in [4.69, 9.17) is 23.7 Å². The predicted octanol–water partition coefficient (Wildman–Crippen LogP) is 6.48. The number of rotatable bonds is 22. The topological polar surface area (TPSA) is 49.5 Å². The summed E-state index contributed by atoms with van der Waals surface area (Å²) >= 11 is 0. The van der Waals surface area contributed by atoms with Crippen LogP contribution in [0.1, 0.15) is 105 Å². The monoisotopic (exact) mass is 430 g/mol. The van der Waals surface area contributed by atoms with Crippen molar-refractivity contribution in [1.29, 1.82) is 0 Å². The van der Waals surface area contributed by atoms with Gasteiger partial charge in [0.15, 0.2) is 0 Å². The standard InChI is InChI=1S/C25H50O5/c1-6-11-12-13-14-15-16-23(24(10-5)27-21-22-20-26-22)25(28-17-7-2,29-18-8-3)30-19-9-4/h22-24H,6-21H2,1-5H3. The molecule has 0 aromatic heterocycles. The smallest absolute Gasteiger partial charge is 0.288 e. The van der Waals surface area contributed by atoms with Crippen LogP contribution in [0.2, 0.25) is 0 Å². The van der Waals surface area contributed by atoms with Gasteiger partial charge in [0.05, 0.1) is 45.1 Å². The van der Waals surface area contributed by atoms with Crippen LogP contribution in [-0.4, -0.2) is 51.2 Å². The van der Waals surface area contributed by atoms with E-state index in [2.05, 4.69) is 34.6 Å². The first kappa shape index (κ1) is 27.8. The fourth-order valence-corrected chi connectivity index (χ4v) is 3.83. The molecular weight excluding hydrogens is 380 g/mol. The molecule has 3 unspecified atom stereocenters. The molecule has 0 amide bonds. The Labute approximate surface area is 186 Å². The maximum Gasteiger partial charge on any atom is 0.288 e. The molecule has 0 radical (unpaired) electrons. The number of ether oxygens (including phenoxy) is 5. The van der Waals surface area contributed by atoms with Gasteiger partial charge in [0, 0.05) is 0 Å². The molecule has 1 aliphatic rings. The Morgan fingerprint density at radius 3 is 1.77 bits per heavy atom. The molecule has 1 saturated heterocycles. The van der Waals surface area contributed by atoms with Crippen LogP contribution in [-0.2, 0) is 23.7 Å². The van der Waals surface area contributed by atoms with Crippen molar-refractivity contribution in [2.24, 2.45) is 5.92 Å². The fraction of sp³-hybridized carbons (Fsp3) is 1.00. The Kier molecular flexibility index (Phi) is 16.1. The van der Waals surface area contributed by atoms with Crippen molar-refractivity contribution in [2.75, 3.05) is 33.0 Å². The summed E-state index contributed by atoms with van der Waals surface area (Å²) < 4.78 is 30.9. The molecule has 1 fully saturated rings. The lowest BCUT2D eigenvalue weighted by Crippen LogP contribution is -2.52. The van der Waals surface area contributed by atoms with Crippen molar-refractivity contribution in [3.8, 4) is 0 Å². The van der Waals surface area contributed by atoms with Gasteiger partial charge >= 0.3 is 0 Å². The molecule has 0 aromatic rings. The van der Waals surface area contributed by atoms with Gasteiger partial charge in [-0.05, 0) is 32.1 Å². The van der Waals surface area contributed by atoms with E-state index in [1.165, 1.54) is 32.1 Å². The largest absolute Gasteiger partial charge is 0.375 e. The number of hydrogen-bond acceptors (Lipinski definition) is 5. The lowest BCUT2D eigenvalue weighted by molar-refractivity contribution is -0.415. The first-order chi connectivity index (χ1) is 14.7. The summed E-state index contributed by atoms with van der Waals surface area (Å²) in [4.78, 5) is 0. The first-order valence-corrected chi connectivity index (χ1v) is 12.8. The molecule has 1 heterocycles. The minimum absolute atomic E-state index is 0.0374. The third-order valence-electron chi connectivity index (χ3n) is 5.59. The normalized spacial score (nSPS) is 18.5. The highest BCUT2D eigenvalue weighted by molar-refractivity contribution is 4.81. The zero-order valence-electron chi connectivity index (χ0n) is 20.6. The summed E-state index contributed by atoms with van der Waals surface area (Å²) in [6.45, 7) is 14.2. The highest BCUT2D eigenvalue weighted by Gasteiger charge is 2.47. The van der Waals surface area contributed by atoms with E-state index in [1.54, 1.807) is 0 Å². The van der Waals surface area contributed by atoms with E-state index in [0.29, 0.717) is 26.4 Å². The van der Waals surface area contributed by atoms with Crippen molar-refractivity contribution < 1.29 is 23.7 Å². The zero-order valence-corrected chi connectivity index (χ0v) is 20.6. The predicted molar refractivity (Wildman–Crippen MR) is 123 cm³/mol. The molecule has 180 valence electrons. The Bertz CT molecular complexity index is 364. The molecule has 3 atom stereocenters. The number of hydrogen-bond donors (Lipinski definition) is 0. The van der Waals surface area contributed by atoms with Crippen LogP contribution in [0.3, 0.4) is 0 Å².